The molecule has 1 heterocycles. The minimum Gasteiger partial charge on any atom is -0.435 e. The summed E-state index contributed by atoms with van der Waals surface area (Å²) < 4.78 is 5.51. The number of benzene rings is 1. The molecule has 0 amide bonds. The zero-order chi connectivity index (χ0) is 11.4. The maximum absolute atomic E-state index is 5.87. The van der Waals surface area contributed by atoms with Gasteiger partial charge in [-0.05, 0) is 30.2 Å². The number of nitrogens with two attached hydrogens (primary N) is 1. The van der Waals surface area contributed by atoms with Crippen molar-refractivity contribution in [2.45, 2.75) is 13.3 Å². The molecular formula is C12H13N3O. The molecule has 0 aliphatic rings. The highest BCUT2D eigenvalue weighted by Gasteiger charge is 2.03. The number of rotatable bonds is 3. The number of nitrogen functional groups attached to an aromatic ring is 1. The highest BCUT2D eigenvalue weighted by molar-refractivity contribution is 5.55. The molecule has 82 valence electrons. The van der Waals surface area contributed by atoms with E-state index in [0.717, 1.165) is 6.42 Å². The molecule has 0 atom stereocenters. The Morgan fingerprint density at radius 3 is 2.81 bits per heavy atom. The highest BCUT2D eigenvalue weighted by atomic mass is 16.5. The lowest BCUT2D eigenvalue weighted by molar-refractivity contribution is 0.457. The molecule has 0 unspecified atom stereocenters. The van der Waals surface area contributed by atoms with Crippen LogP contribution in [0.5, 0.6) is 11.6 Å². The highest BCUT2D eigenvalue weighted by Crippen LogP contribution is 2.26. The molecule has 0 radical (unpaired) electrons. The van der Waals surface area contributed by atoms with Gasteiger partial charge in [-0.2, -0.15) is 5.10 Å². The summed E-state index contributed by atoms with van der Waals surface area (Å²) in [6, 6.07) is 9.25. The Kier molecular flexibility index (Phi) is 3.00. The molecule has 2 aromatic rings. The SMILES string of the molecule is CCc1ccc(Oc2cccnn2)c(N)c1. The predicted octanol–water partition coefficient (Wildman–Crippen LogP) is 2.41. The van der Waals surface area contributed by atoms with Crippen LogP contribution in [0.15, 0.2) is 36.5 Å². The van der Waals surface area contributed by atoms with Crippen LogP contribution in [0.25, 0.3) is 0 Å². The smallest absolute Gasteiger partial charge is 0.238 e. The van der Waals surface area contributed by atoms with Crippen molar-refractivity contribution in [3.63, 3.8) is 0 Å². The summed E-state index contributed by atoms with van der Waals surface area (Å²) in [7, 11) is 0. The van der Waals surface area contributed by atoms with E-state index in [1.54, 1.807) is 18.3 Å². The first-order valence-electron chi connectivity index (χ1n) is 5.13. The first-order chi connectivity index (χ1) is 7.79. The van der Waals surface area contributed by atoms with E-state index in [2.05, 4.69) is 17.1 Å². The van der Waals surface area contributed by atoms with Crippen LogP contribution in [0.3, 0.4) is 0 Å². The second-order valence-electron chi connectivity index (χ2n) is 3.39. The zero-order valence-electron chi connectivity index (χ0n) is 9.05. The van der Waals surface area contributed by atoms with Crippen molar-refractivity contribution in [2.75, 3.05) is 5.73 Å². The van der Waals surface area contributed by atoms with Gasteiger partial charge in [-0.25, -0.2) is 0 Å². The van der Waals surface area contributed by atoms with E-state index in [1.807, 2.05) is 18.2 Å². The number of nitrogens with zero attached hydrogens (tertiary/aromatic N) is 2. The third-order valence-corrected chi connectivity index (χ3v) is 2.24. The van der Waals surface area contributed by atoms with Crippen LogP contribution < -0.4 is 10.5 Å². The summed E-state index contributed by atoms with van der Waals surface area (Å²) in [5, 5.41) is 7.56. The summed E-state index contributed by atoms with van der Waals surface area (Å²) >= 11 is 0. The molecule has 0 fully saturated rings. The quantitative estimate of drug-likeness (QED) is 0.799. The van der Waals surface area contributed by atoms with Crippen molar-refractivity contribution in [1.29, 1.82) is 0 Å². The van der Waals surface area contributed by atoms with E-state index in [9.17, 15) is 0 Å². The fraction of sp³-hybridized carbons (Fsp3) is 0.167. The number of ether oxygens (including phenoxy) is 1. The first kappa shape index (κ1) is 10.4. The van der Waals surface area contributed by atoms with E-state index in [1.165, 1.54) is 5.56 Å². The van der Waals surface area contributed by atoms with Gasteiger partial charge in [0.05, 0.1) is 5.69 Å². The zero-order valence-corrected chi connectivity index (χ0v) is 9.05. The van der Waals surface area contributed by atoms with E-state index >= 15 is 0 Å². The maximum Gasteiger partial charge on any atom is 0.238 e. The summed E-state index contributed by atoms with van der Waals surface area (Å²) in [5.41, 5.74) is 7.67. The topological polar surface area (TPSA) is 61.0 Å². The van der Waals surface area contributed by atoms with Gasteiger partial charge in [0, 0.05) is 12.3 Å². The van der Waals surface area contributed by atoms with Crippen LogP contribution >= 0.6 is 0 Å². The van der Waals surface area contributed by atoms with Crippen molar-refractivity contribution in [2.24, 2.45) is 0 Å². The van der Waals surface area contributed by atoms with Gasteiger partial charge < -0.3 is 10.5 Å². The molecule has 0 aliphatic heterocycles. The largest absolute Gasteiger partial charge is 0.435 e. The fourth-order valence-corrected chi connectivity index (χ4v) is 1.37. The molecule has 0 spiro atoms. The molecular weight excluding hydrogens is 202 g/mol. The summed E-state index contributed by atoms with van der Waals surface area (Å²) in [6.45, 7) is 2.08. The van der Waals surface area contributed by atoms with Crippen LogP contribution in [0.2, 0.25) is 0 Å². The Morgan fingerprint density at radius 2 is 2.19 bits per heavy atom. The van der Waals surface area contributed by atoms with Gasteiger partial charge in [-0.3, -0.25) is 0 Å². The van der Waals surface area contributed by atoms with Crippen molar-refractivity contribution in [3.8, 4) is 11.6 Å². The Labute approximate surface area is 94.1 Å². The Balaban J connectivity index is 2.22. The van der Waals surface area contributed by atoms with Crippen LogP contribution in [0.1, 0.15) is 12.5 Å². The van der Waals surface area contributed by atoms with E-state index in [4.69, 9.17) is 10.5 Å². The number of anilines is 1. The lowest BCUT2D eigenvalue weighted by Gasteiger charge is -2.07. The lowest BCUT2D eigenvalue weighted by atomic mass is 10.1. The molecule has 0 bridgehead atoms. The summed E-state index contributed by atoms with van der Waals surface area (Å²) in [4.78, 5) is 0. The molecule has 16 heavy (non-hydrogen) atoms. The second kappa shape index (κ2) is 4.61. The van der Waals surface area contributed by atoms with Gasteiger partial charge in [-0.1, -0.05) is 13.0 Å². The number of hydrogen-bond acceptors (Lipinski definition) is 4. The molecule has 1 aromatic heterocycles. The standard InChI is InChI=1S/C12H13N3O/c1-2-9-5-6-11(10(13)8-9)16-12-4-3-7-14-15-12/h3-8H,2,13H2,1H3. The second-order valence-corrected chi connectivity index (χ2v) is 3.39. The molecule has 1 aromatic carbocycles. The average Bonchev–Trinajstić information content (AvgIpc) is 2.33. The number of hydrogen-bond donors (Lipinski definition) is 1. The van der Waals surface area contributed by atoms with Crippen molar-refractivity contribution in [1.82, 2.24) is 10.2 Å². The number of aryl methyl sites for hydroxylation is 1. The average molecular weight is 215 g/mol. The third kappa shape index (κ3) is 2.28. The molecule has 0 saturated carbocycles. The van der Waals surface area contributed by atoms with Gasteiger partial charge in [0.25, 0.3) is 0 Å². The van der Waals surface area contributed by atoms with Crippen molar-refractivity contribution in [3.05, 3.63) is 42.1 Å². The van der Waals surface area contributed by atoms with Crippen LogP contribution in [-0.2, 0) is 6.42 Å². The minimum atomic E-state index is 0.443. The Bertz CT molecular complexity index is 471. The number of aromatic nitrogens is 2. The van der Waals surface area contributed by atoms with Gasteiger partial charge in [-0.15, -0.1) is 5.10 Å². The fourth-order valence-electron chi connectivity index (χ4n) is 1.37. The minimum absolute atomic E-state index is 0.443. The molecule has 0 aliphatic carbocycles. The van der Waals surface area contributed by atoms with E-state index < -0.39 is 0 Å². The molecule has 0 saturated heterocycles. The normalized spacial score (nSPS) is 10.1. The third-order valence-electron chi connectivity index (χ3n) is 2.24. The van der Waals surface area contributed by atoms with Gasteiger partial charge in [0.2, 0.25) is 5.88 Å². The monoisotopic (exact) mass is 215 g/mol. The van der Waals surface area contributed by atoms with Crippen molar-refractivity contribution < 1.29 is 4.74 Å². The van der Waals surface area contributed by atoms with Crippen LogP contribution in [-0.4, -0.2) is 10.2 Å². The lowest BCUT2D eigenvalue weighted by Crippen LogP contribution is -1.95. The molecule has 4 nitrogen and oxygen atoms in total. The van der Waals surface area contributed by atoms with E-state index in [-0.39, 0.29) is 0 Å². The molecule has 2 N–H and O–H groups in total. The Hall–Kier alpha value is -2.10. The van der Waals surface area contributed by atoms with Gasteiger partial charge in [0.15, 0.2) is 5.75 Å². The van der Waals surface area contributed by atoms with E-state index in [0.29, 0.717) is 17.3 Å². The van der Waals surface area contributed by atoms with Gasteiger partial charge >= 0.3 is 0 Å². The summed E-state index contributed by atoms with van der Waals surface area (Å²) in [6.07, 6.45) is 2.55. The van der Waals surface area contributed by atoms with Gasteiger partial charge in [0.1, 0.15) is 0 Å². The first-order valence-corrected chi connectivity index (χ1v) is 5.13. The Morgan fingerprint density at radius 1 is 1.31 bits per heavy atom. The molecule has 4 heteroatoms. The maximum atomic E-state index is 5.87. The summed E-state index contributed by atoms with van der Waals surface area (Å²) in [5.74, 6) is 1.05. The predicted molar refractivity (Wildman–Crippen MR) is 62.3 cm³/mol. The molecule has 2 rings (SSSR count). The van der Waals surface area contributed by atoms with Crippen LogP contribution in [0.4, 0.5) is 5.69 Å². The van der Waals surface area contributed by atoms with Crippen molar-refractivity contribution >= 4 is 5.69 Å². The van der Waals surface area contributed by atoms with Crippen LogP contribution in [0, 0.1) is 0 Å².